The van der Waals surface area contributed by atoms with Crippen molar-refractivity contribution in [3.05, 3.63) is 22.1 Å². The third kappa shape index (κ3) is 7.40. The van der Waals surface area contributed by atoms with E-state index in [0.717, 1.165) is 12.8 Å². The van der Waals surface area contributed by atoms with Crippen molar-refractivity contribution in [1.82, 2.24) is 5.32 Å². The van der Waals surface area contributed by atoms with Gasteiger partial charge < -0.3 is 19.5 Å². The van der Waals surface area contributed by atoms with Crippen molar-refractivity contribution in [2.24, 2.45) is 5.11 Å². The first-order valence-electron chi connectivity index (χ1n) is 9.72. The number of rotatable bonds is 8. The number of esters is 1. The normalized spacial score (nSPS) is 22.1. The minimum absolute atomic E-state index is 0.0682. The maximum Gasteiger partial charge on any atom is 0.407 e. The average Bonchev–Trinajstić information content (AvgIpc) is 2.60. The molecule has 0 saturated heterocycles. The lowest BCUT2D eigenvalue weighted by molar-refractivity contribution is -0.139. The van der Waals surface area contributed by atoms with Crippen LogP contribution in [0.4, 0.5) is 4.79 Å². The largest absolute Gasteiger partial charge is 0.463 e. The molecule has 9 heteroatoms. The highest BCUT2D eigenvalue weighted by atomic mass is 16.6. The molecule has 0 aliphatic heterocycles. The molecular weight excluding hydrogens is 364 g/mol. The zero-order chi connectivity index (χ0) is 21.3. The molecule has 1 aliphatic rings. The van der Waals surface area contributed by atoms with E-state index in [0.29, 0.717) is 5.57 Å². The molecule has 1 rings (SSSR count). The van der Waals surface area contributed by atoms with Gasteiger partial charge in [-0.2, -0.15) is 0 Å². The summed E-state index contributed by atoms with van der Waals surface area (Å²) in [6, 6.07) is -1.37. The van der Waals surface area contributed by atoms with Crippen LogP contribution in [0, 0.1) is 0 Å². The highest BCUT2D eigenvalue weighted by Gasteiger charge is 2.38. The van der Waals surface area contributed by atoms with E-state index in [1.54, 1.807) is 33.8 Å². The molecule has 0 saturated carbocycles. The van der Waals surface area contributed by atoms with Gasteiger partial charge in [0.05, 0.1) is 24.9 Å². The zero-order valence-electron chi connectivity index (χ0n) is 17.6. The molecule has 0 spiro atoms. The van der Waals surface area contributed by atoms with Gasteiger partial charge in [0.1, 0.15) is 5.60 Å². The number of hydrogen-bond donors (Lipinski definition) is 1. The van der Waals surface area contributed by atoms with Gasteiger partial charge in [0, 0.05) is 22.9 Å². The topological polar surface area (TPSA) is 123 Å². The van der Waals surface area contributed by atoms with E-state index in [4.69, 9.17) is 19.7 Å². The standard InChI is InChI=1S/C19H32N4O5/c1-7-13(8-2)27-15-11-12(17(24)26-9-3)10-14(16(15)22-23-20)21-18(25)28-19(4,5)6/h11,13-16H,7-10H2,1-6H3,(H,21,25)/t14-,15-,16-/m1/s1. The highest BCUT2D eigenvalue weighted by Crippen LogP contribution is 2.27. The summed E-state index contributed by atoms with van der Waals surface area (Å²) in [5.41, 5.74) is 8.72. The third-order valence-corrected chi connectivity index (χ3v) is 4.24. The zero-order valence-corrected chi connectivity index (χ0v) is 17.6. The number of ether oxygens (including phenoxy) is 3. The lowest BCUT2D eigenvalue weighted by Crippen LogP contribution is -2.52. The van der Waals surface area contributed by atoms with Crippen LogP contribution in [-0.4, -0.2) is 48.6 Å². The smallest absolute Gasteiger partial charge is 0.407 e. The molecule has 158 valence electrons. The van der Waals surface area contributed by atoms with Gasteiger partial charge in [-0.15, -0.1) is 0 Å². The molecular formula is C19H32N4O5. The molecule has 0 bridgehead atoms. The first-order valence-corrected chi connectivity index (χ1v) is 9.72. The molecule has 1 amide bonds. The van der Waals surface area contributed by atoms with Crippen molar-refractivity contribution >= 4 is 12.1 Å². The van der Waals surface area contributed by atoms with Gasteiger partial charge in [0.15, 0.2) is 0 Å². The number of carbonyl (C=O) groups is 2. The number of nitrogens with zero attached hydrogens (tertiary/aromatic N) is 3. The van der Waals surface area contributed by atoms with Crippen LogP contribution in [0.1, 0.15) is 60.8 Å². The van der Waals surface area contributed by atoms with Crippen LogP contribution in [0.2, 0.25) is 0 Å². The summed E-state index contributed by atoms with van der Waals surface area (Å²) in [6.45, 7) is 11.2. The minimum Gasteiger partial charge on any atom is -0.463 e. The fourth-order valence-electron chi connectivity index (χ4n) is 2.95. The van der Waals surface area contributed by atoms with Crippen molar-refractivity contribution < 1.29 is 23.8 Å². The van der Waals surface area contributed by atoms with E-state index >= 15 is 0 Å². The first-order chi connectivity index (χ1) is 13.1. The molecule has 1 aliphatic carbocycles. The van der Waals surface area contributed by atoms with Crippen LogP contribution in [0.15, 0.2) is 16.8 Å². The van der Waals surface area contributed by atoms with Crippen molar-refractivity contribution in [1.29, 1.82) is 0 Å². The van der Waals surface area contributed by atoms with Crippen molar-refractivity contribution in [3.63, 3.8) is 0 Å². The third-order valence-electron chi connectivity index (χ3n) is 4.24. The number of azide groups is 1. The molecule has 9 nitrogen and oxygen atoms in total. The van der Waals surface area contributed by atoms with Crippen molar-refractivity contribution in [2.45, 2.75) is 90.7 Å². The lowest BCUT2D eigenvalue weighted by atomic mass is 9.88. The van der Waals surface area contributed by atoms with Crippen LogP contribution in [0.5, 0.6) is 0 Å². The van der Waals surface area contributed by atoms with E-state index in [2.05, 4.69) is 15.3 Å². The van der Waals surface area contributed by atoms with Gasteiger partial charge in [0.2, 0.25) is 0 Å². The fraction of sp³-hybridized carbons (Fsp3) is 0.789. The fourth-order valence-corrected chi connectivity index (χ4v) is 2.95. The predicted molar refractivity (Wildman–Crippen MR) is 105 cm³/mol. The van der Waals surface area contributed by atoms with Crippen LogP contribution in [-0.2, 0) is 19.0 Å². The Morgan fingerprint density at radius 3 is 2.46 bits per heavy atom. The molecule has 1 N–H and O–H groups in total. The minimum atomic E-state index is -0.712. The number of carbonyl (C=O) groups excluding carboxylic acids is 2. The van der Waals surface area contributed by atoms with E-state index < -0.39 is 35.9 Å². The molecule has 3 atom stereocenters. The summed E-state index contributed by atoms with van der Waals surface area (Å²) in [7, 11) is 0. The van der Waals surface area contributed by atoms with Gasteiger partial charge in [-0.1, -0.05) is 19.0 Å². The summed E-state index contributed by atoms with van der Waals surface area (Å²) in [6.07, 6.45) is 1.95. The van der Waals surface area contributed by atoms with Crippen LogP contribution < -0.4 is 5.32 Å². The summed E-state index contributed by atoms with van der Waals surface area (Å²) < 4.78 is 16.5. The van der Waals surface area contributed by atoms with E-state index in [1.807, 2.05) is 13.8 Å². The van der Waals surface area contributed by atoms with Crippen LogP contribution in [0.3, 0.4) is 0 Å². The monoisotopic (exact) mass is 396 g/mol. The summed E-state index contributed by atoms with van der Waals surface area (Å²) >= 11 is 0. The Morgan fingerprint density at radius 1 is 1.32 bits per heavy atom. The average molecular weight is 396 g/mol. The molecule has 0 heterocycles. The Morgan fingerprint density at radius 2 is 1.96 bits per heavy atom. The second kappa shape index (κ2) is 10.9. The van der Waals surface area contributed by atoms with Crippen molar-refractivity contribution in [3.8, 4) is 0 Å². The predicted octanol–water partition coefficient (Wildman–Crippen LogP) is 4.03. The molecule has 0 aromatic carbocycles. The van der Waals surface area contributed by atoms with Gasteiger partial charge in [0.25, 0.3) is 0 Å². The Kier molecular flexibility index (Phi) is 9.28. The molecule has 28 heavy (non-hydrogen) atoms. The van der Waals surface area contributed by atoms with Crippen LogP contribution >= 0.6 is 0 Å². The van der Waals surface area contributed by atoms with Gasteiger partial charge >= 0.3 is 12.1 Å². The summed E-state index contributed by atoms with van der Waals surface area (Å²) in [5.74, 6) is -0.476. The number of hydrogen-bond acceptors (Lipinski definition) is 6. The molecule has 0 unspecified atom stereocenters. The van der Waals surface area contributed by atoms with Crippen LogP contribution in [0.25, 0.3) is 10.4 Å². The lowest BCUT2D eigenvalue weighted by Gasteiger charge is -2.36. The maximum atomic E-state index is 12.3. The Bertz CT molecular complexity index is 618. The Balaban J connectivity index is 3.17. The SMILES string of the molecule is CCOC(=O)C1=C[C@@H](OC(CC)CC)[C@H](N=[N+]=[N-])[C@H](NC(=O)OC(C)(C)C)C1. The van der Waals surface area contributed by atoms with Gasteiger partial charge in [-0.25, -0.2) is 9.59 Å². The molecule has 0 aromatic heterocycles. The second-order valence-corrected chi connectivity index (χ2v) is 7.60. The molecule has 0 radical (unpaired) electrons. The quantitative estimate of drug-likeness (QED) is 0.287. The van der Waals surface area contributed by atoms with E-state index in [9.17, 15) is 9.59 Å². The second-order valence-electron chi connectivity index (χ2n) is 7.60. The van der Waals surface area contributed by atoms with Crippen molar-refractivity contribution in [2.75, 3.05) is 6.61 Å². The van der Waals surface area contributed by atoms with Gasteiger partial charge in [-0.05, 0) is 52.1 Å². The first kappa shape index (κ1) is 23.8. The summed E-state index contributed by atoms with van der Waals surface area (Å²) in [5, 5.41) is 6.57. The maximum absolute atomic E-state index is 12.3. The van der Waals surface area contributed by atoms with E-state index in [-0.39, 0.29) is 19.1 Å². The highest BCUT2D eigenvalue weighted by molar-refractivity contribution is 5.89. The Labute approximate surface area is 166 Å². The molecule has 0 fully saturated rings. The number of alkyl carbamates (subject to hydrolysis) is 1. The van der Waals surface area contributed by atoms with E-state index in [1.165, 1.54) is 0 Å². The summed E-state index contributed by atoms with van der Waals surface area (Å²) in [4.78, 5) is 27.5. The van der Waals surface area contributed by atoms with Gasteiger partial charge in [-0.3, -0.25) is 0 Å². The number of amides is 1. The number of nitrogens with one attached hydrogen (secondary N) is 1. The Hall–Kier alpha value is -2.25. The molecule has 0 aromatic rings.